The summed E-state index contributed by atoms with van der Waals surface area (Å²) in [5, 5.41) is 12.1. The van der Waals surface area contributed by atoms with Gasteiger partial charge in [-0.15, -0.1) is 0 Å². The molecule has 0 aromatic rings. The maximum atomic E-state index is 12.2. The average Bonchev–Trinajstić information content (AvgIpc) is 2.65. The van der Waals surface area contributed by atoms with Crippen molar-refractivity contribution in [1.29, 1.82) is 0 Å². The van der Waals surface area contributed by atoms with Gasteiger partial charge in [0, 0.05) is 25.2 Å². The van der Waals surface area contributed by atoms with Crippen molar-refractivity contribution in [3.8, 4) is 0 Å². The van der Waals surface area contributed by atoms with E-state index in [1.165, 1.54) is 0 Å². The van der Waals surface area contributed by atoms with Crippen LogP contribution >= 0.6 is 0 Å². The Labute approximate surface area is 117 Å². The second-order valence-electron chi connectivity index (χ2n) is 6.38. The first-order chi connectivity index (χ1) is 8.95. The molecule has 0 spiro atoms. The van der Waals surface area contributed by atoms with Gasteiger partial charge in [0.05, 0.1) is 0 Å². The molecule has 1 rings (SSSR count). The van der Waals surface area contributed by atoms with Gasteiger partial charge in [-0.3, -0.25) is 0 Å². The van der Waals surface area contributed by atoms with Gasteiger partial charge in [-0.1, -0.05) is 13.8 Å². The Kier molecular flexibility index (Phi) is 6.63. The van der Waals surface area contributed by atoms with Crippen molar-refractivity contribution >= 4 is 6.03 Å². The van der Waals surface area contributed by atoms with Crippen molar-refractivity contribution in [3.63, 3.8) is 0 Å². The van der Waals surface area contributed by atoms with Crippen molar-refractivity contribution in [2.45, 2.75) is 65.5 Å². The Morgan fingerprint density at radius 2 is 1.89 bits per heavy atom. The van der Waals surface area contributed by atoms with Gasteiger partial charge < -0.3 is 15.3 Å². The van der Waals surface area contributed by atoms with Crippen LogP contribution in [0, 0.1) is 11.8 Å². The molecular formula is C15H30N2O2. The fourth-order valence-electron chi connectivity index (χ4n) is 3.07. The van der Waals surface area contributed by atoms with E-state index in [0.717, 1.165) is 25.7 Å². The smallest absolute Gasteiger partial charge is 0.317 e. The van der Waals surface area contributed by atoms with Gasteiger partial charge in [-0.2, -0.15) is 0 Å². The highest BCUT2D eigenvalue weighted by Gasteiger charge is 2.31. The van der Waals surface area contributed by atoms with Gasteiger partial charge in [0.2, 0.25) is 0 Å². The Morgan fingerprint density at radius 3 is 2.37 bits per heavy atom. The van der Waals surface area contributed by atoms with E-state index in [-0.39, 0.29) is 12.6 Å². The number of nitrogens with zero attached hydrogens (tertiary/aromatic N) is 1. The second-order valence-corrected chi connectivity index (χ2v) is 6.38. The molecule has 1 fully saturated rings. The number of amides is 2. The predicted molar refractivity (Wildman–Crippen MR) is 78.0 cm³/mol. The summed E-state index contributed by atoms with van der Waals surface area (Å²) in [6.07, 6.45) is 4.01. The van der Waals surface area contributed by atoms with Crippen LogP contribution in [0.3, 0.4) is 0 Å². The second kappa shape index (κ2) is 7.73. The van der Waals surface area contributed by atoms with Crippen LogP contribution in [0.4, 0.5) is 4.79 Å². The Bertz CT molecular complexity index is 271. The van der Waals surface area contributed by atoms with Crippen molar-refractivity contribution in [2.75, 3.05) is 13.2 Å². The molecule has 3 atom stereocenters. The van der Waals surface area contributed by atoms with E-state index in [1.54, 1.807) is 0 Å². The largest absolute Gasteiger partial charge is 0.396 e. The molecular weight excluding hydrogens is 240 g/mol. The fraction of sp³-hybridized carbons (Fsp3) is 0.933. The van der Waals surface area contributed by atoms with E-state index < -0.39 is 0 Å². The molecule has 0 bridgehead atoms. The molecule has 0 aromatic carbocycles. The highest BCUT2D eigenvalue weighted by Crippen LogP contribution is 2.23. The standard InChI is InChI=1S/C15H30N2O2/c1-11(2)9-14(7-8-18)10-16-15(19)17-12(3)5-6-13(17)4/h11-14,18H,5-10H2,1-4H3,(H,16,19). The zero-order chi connectivity index (χ0) is 14.4. The zero-order valence-electron chi connectivity index (χ0n) is 12.9. The molecule has 0 saturated carbocycles. The number of hydrogen-bond donors (Lipinski definition) is 2. The van der Waals surface area contributed by atoms with Gasteiger partial charge in [0.15, 0.2) is 0 Å². The van der Waals surface area contributed by atoms with Gasteiger partial charge in [0.25, 0.3) is 0 Å². The number of hydrogen-bond acceptors (Lipinski definition) is 2. The molecule has 0 radical (unpaired) electrons. The monoisotopic (exact) mass is 270 g/mol. The number of aliphatic hydroxyl groups is 1. The molecule has 3 unspecified atom stereocenters. The SMILES string of the molecule is CC(C)CC(CCO)CNC(=O)N1C(C)CCC1C. The summed E-state index contributed by atoms with van der Waals surface area (Å²) in [5.41, 5.74) is 0. The molecule has 0 aliphatic carbocycles. The van der Waals surface area contributed by atoms with E-state index in [4.69, 9.17) is 5.11 Å². The molecule has 1 heterocycles. The number of urea groups is 1. The summed E-state index contributed by atoms with van der Waals surface area (Å²) in [6.45, 7) is 9.45. The van der Waals surface area contributed by atoms with Crippen LogP contribution in [0.1, 0.15) is 53.4 Å². The van der Waals surface area contributed by atoms with E-state index in [2.05, 4.69) is 33.0 Å². The molecule has 1 aliphatic heterocycles. The summed E-state index contributed by atoms with van der Waals surface area (Å²) in [4.78, 5) is 14.2. The maximum Gasteiger partial charge on any atom is 0.317 e. The van der Waals surface area contributed by atoms with Crippen molar-refractivity contribution in [3.05, 3.63) is 0 Å². The normalized spacial score (nSPS) is 24.8. The van der Waals surface area contributed by atoms with Crippen LogP contribution in [0.2, 0.25) is 0 Å². The first-order valence-corrected chi connectivity index (χ1v) is 7.62. The first kappa shape index (κ1) is 16.3. The Hall–Kier alpha value is -0.770. The highest BCUT2D eigenvalue weighted by molar-refractivity contribution is 5.75. The molecule has 1 saturated heterocycles. The van der Waals surface area contributed by atoms with Gasteiger partial charge >= 0.3 is 6.03 Å². The Balaban J connectivity index is 2.42. The number of likely N-dealkylation sites (tertiary alicyclic amines) is 1. The molecule has 1 aliphatic rings. The lowest BCUT2D eigenvalue weighted by atomic mass is 9.94. The minimum Gasteiger partial charge on any atom is -0.396 e. The number of carbonyl (C=O) groups is 1. The number of rotatable bonds is 6. The first-order valence-electron chi connectivity index (χ1n) is 7.62. The van der Waals surface area contributed by atoms with Crippen LogP contribution in [0.15, 0.2) is 0 Å². The third kappa shape index (κ3) is 5.01. The topological polar surface area (TPSA) is 52.6 Å². The summed E-state index contributed by atoms with van der Waals surface area (Å²) < 4.78 is 0. The van der Waals surface area contributed by atoms with Crippen LogP contribution in [0.5, 0.6) is 0 Å². The minimum atomic E-state index is 0.0594. The average molecular weight is 270 g/mol. The summed E-state index contributed by atoms with van der Waals surface area (Å²) >= 11 is 0. The summed E-state index contributed by atoms with van der Waals surface area (Å²) in [7, 11) is 0. The molecule has 4 heteroatoms. The van der Waals surface area contributed by atoms with Crippen LogP contribution in [-0.2, 0) is 0 Å². The lowest BCUT2D eigenvalue weighted by molar-refractivity contribution is 0.175. The molecule has 4 nitrogen and oxygen atoms in total. The van der Waals surface area contributed by atoms with Crippen LogP contribution in [-0.4, -0.2) is 41.3 Å². The van der Waals surface area contributed by atoms with Crippen LogP contribution in [0.25, 0.3) is 0 Å². The van der Waals surface area contributed by atoms with Crippen molar-refractivity contribution in [1.82, 2.24) is 10.2 Å². The molecule has 2 N–H and O–H groups in total. The Morgan fingerprint density at radius 1 is 1.32 bits per heavy atom. The summed E-state index contributed by atoms with van der Waals surface area (Å²) in [5.74, 6) is 0.972. The highest BCUT2D eigenvalue weighted by atomic mass is 16.3. The predicted octanol–water partition coefficient (Wildman–Crippen LogP) is 2.61. The molecule has 112 valence electrons. The van der Waals surface area contributed by atoms with Crippen molar-refractivity contribution < 1.29 is 9.90 Å². The van der Waals surface area contributed by atoms with Crippen LogP contribution < -0.4 is 5.32 Å². The summed E-state index contributed by atoms with van der Waals surface area (Å²) in [6, 6.07) is 0.747. The number of nitrogens with one attached hydrogen (secondary N) is 1. The maximum absolute atomic E-state index is 12.2. The zero-order valence-corrected chi connectivity index (χ0v) is 12.9. The lowest BCUT2D eigenvalue weighted by Crippen LogP contribution is -2.46. The number of carbonyl (C=O) groups excluding carboxylic acids is 1. The van der Waals surface area contributed by atoms with E-state index >= 15 is 0 Å². The third-order valence-corrected chi connectivity index (χ3v) is 4.07. The van der Waals surface area contributed by atoms with E-state index in [9.17, 15) is 4.79 Å². The van der Waals surface area contributed by atoms with Gasteiger partial charge in [0.1, 0.15) is 0 Å². The van der Waals surface area contributed by atoms with E-state index in [0.29, 0.717) is 30.5 Å². The quantitative estimate of drug-likeness (QED) is 0.779. The van der Waals surface area contributed by atoms with Crippen molar-refractivity contribution in [2.24, 2.45) is 11.8 Å². The van der Waals surface area contributed by atoms with E-state index in [1.807, 2.05) is 4.90 Å². The van der Waals surface area contributed by atoms with Gasteiger partial charge in [-0.05, 0) is 51.4 Å². The third-order valence-electron chi connectivity index (χ3n) is 4.07. The molecule has 2 amide bonds. The lowest BCUT2D eigenvalue weighted by Gasteiger charge is -2.28. The minimum absolute atomic E-state index is 0.0594. The number of aliphatic hydroxyl groups excluding tert-OH is 1. The molecule has 19 heavy (non-hydrogen) atoms. The van der Waals surface area contributed by atoms with Gasteiger partial charge in [-0.25, -0.2) is 4.79 Å². The fourth-order valence-corrected chi connectivity index (χ4v) is 3.07. The molecule has 0 aromatic heterocycles.